The van der Waals surface area contributed by atoms with Gasteiger partial charge in [0.05, 0.1) is 24.7 Å². The summed E-state index contributed by atoms with van der Waals surface area (Å²) in [5.74, 6) is -0.520. The smallest absolute Gasteiger partial charge is 0.406 e. The molecule has 0 aliphatic carbocycles. The Kier molecular flexibility index (Phi) is 8.91. The fraction of sp³-hybridized carbons (Fsp3) is 0.286. The number of amides is 2. The second-order valence-corrected chi connectivity index (χ2v) is 10.6. The standard InChI is InChI=1S/C28H26F3N7O3S/c29-28(30,31)41-22-7-1-4-18(12-22)13-24(39)34-23-9-8-21(16-33-23)38-11-3-6-20(17-38)26-36-37-27(42-26)35-25(40)14-19-5-2-10-32-15-19/h1-2,4-5,7-10,12,15-16,20H,3,6,11,13-14,17H2,(H,33,34,39)(H,35,37,40)/t20-/m1/s1. The fourth-order valence-corrected chi connectivity index (χ4v) is 5.47. The Bertz CT molecular complexity index is 1520. The molecule has 1 atom stereocenters. The highest BCUT2D eigenvalue weighted by Gasteiger charge is 2.31. The number of rotatable bonds is 9. The number of alkyl halides is 3. The summed E-state index contributed by atoms with van der Waals surface area (Å²) in [6.45, 7) is 1.52. The predicted octanol–water partition coefficient (Wildman–Crippen LogP) is 4.97. The second-order valence-electron chi connectivity index (χ2n) is 9.64. The number of piperidine rings is 1. The van der Waals surface area contributed by atoms with Gasteiger partial charge >= 0.3 is 6.36 Å². The first-order valence-electron chi connectivity index (χ1n) is 13.1. The van der Waals surface area contributed by atoms with Gasteiger partial charge in [0.25, 0.3) is 0 Å². The molecule has 1 saturated heterocycles. The molecule has 10 nitrogen and oxygen atoms in total. The summed E-state index contributed by atoms with van der Waals surface area (Å²) in [7, 11) is 0. The highest BCUT2D eigenvalue weighted by atomic mass is 32.1. The minimum absolute atomic E-state index is 0.136. The third-order valence-electron chi connectivity index (χ3n) is 6.42. The molecule has 5 rings (SSSR count). The molecular weight excluding hydrogens is 571 g/mol. The Hall–Kier alpha value is -4.59. The molecular formula is C28H26F3N7O3S. The van der Waals surface area contributed by atoms with Crippen molar-refractivity contribution in [2.24, 2.45) is 0 Å². The molecule has 1 fully saturated rings. The second kappa shape index (κ2) is 12.9. The van der Waals surface area contributed by atoms with Crippen LogP contribution in [0.15, 0.2) is 67.1 Å². The molecule has 0 unspecified atom stereocenters. The van der Waals surface area contributed by atoms with Crippen LogP contribution in [0.25, 0.3) is 0 Å². The monoisotopic (exact) mass is 597 g/mol. The van der Waals surface area contributed by atoms with Crippen molar-refractivity contribution in [1.29, 1.82) is 0 Å². The molecule has 0 radical (unpaired) electrons. The first-order chi connectivity index (χ1) is 20.2. The molecule has 4 aromatic rings. The summed E-state index contributed by atoms with van der Waals surface area (Å²) in [6, 6.07) is 12.4. The van der Waals surface area contributed by atoms with Crippen molar-refractivity contribution in [3.8, 4) is 5.75 Å². The van der Waals surface area contributed by atoms with Crippen molar-refractivity contribution >= 4 is 39.8 Å². The van der Waals surface area contributed by atoms with Gasteiger partial charge in [0, 0.05) is 31.4 Å². The highest BCUT2D eigenvalue weighted by Crippen LogP contribution is 2.33. The van der Waals surface area contributed by atoms with E-state index in [1.165, 1.54) is 29.5 Å². The van der Waals surface area contributed by atoms with E-state index in [2.05, 4.69) is 40.4 Å². The Morgan fingerprint density at radius 1 is 1.00 bits per heavy atom. The zero-order chi connectivity index (χ0) is 29.5. The number of hydrogen-bond donors (Lipinski definition) is 2. The van der Waals surface area contributed by atoms with Gasteiger partial charge in [0.1, 0.15) is 16.6 Å². The molecule has 0 saturated carbocycles. The van der Waals surface area contributed by atoms with Crippen LogP contribution in [0, 0.1) is 0 Å². The first-order valence-corrected chi connectivity index (χ1v) is 13.9. The molecule has 3 aromatic heterocycles. The number of aromatic nitrogens is 4. The van der Waals surface area contributed by atoms with Gasteiger partial charge in [-0.3, -0.25) is 14.6 Å². The number of halogens is 3. The third-order valence-corrected chi connectivity index (χ3v) is 7.42. The lowest BCUT2D eigenvalue weighted by Gasteiger charge is -2.33. The summed E-state index contributed by atoms with van der Waals surface area (Å²) in [5, 5.41) is 15.3. The topological polar surface area (TPSA) is 122 Å². The van der Waals surface area contributed by atoms with E-state index in [0.717, 1.165) is 35.6 Å². The highest BCUT2D eigenvalue weighted by molar-refractivity contribution is 7.15. The van der Waals surface area contributed by atoms with Crippen molar-refractivity contribution < 1.29 is 27.5 Å². The van der Waals surface area contributed by atoms with Crippen molar-refractivity contribution in [1.82, 2.24) is 20.2 Å². The van der Waals surface area contributed by atoms with Crippen molar-refractivity contribution in [3.63, 3.8) is 0 Å². The van der Waals surface area contributed by atoms with E-state index in [0.29, 0.717) is 23.1 Å². The van der Waals surface area contributed by atoms with E-state index >= 15 is 0 Å². The van der Waals surface area contributed by atoms with Gasteiger partial charge in [0.2, 0.25) is 16.9 Å². The van der Waals surface area contributed by atoms with Crippen LogP contribution in [0.5, 0.6) is 5.75 Å². The molecule has 14 heteroatoms. The van der Waals surface area contributed by atoms with E-state index in [4.69, 9.17) is 0 Å². The van der Waals surface area contributed by atoms with Crippen LogP contribution in [0.4, 0.5) is 29.8 Å². The SMILES string of the molecule is O=C(Cc1cccc(OC(F)(F)F)c1)Nc1ccc(N2CCC[C@@H](c3nnc(NC(=O)Cc4cccnc4)s3)C2)cn1. The predicted molar refractivity (Wildman–Crippen MR) is 150 cm³/mol. The van der Waals surface area contributed by atoms with E-state index in [-0.39, 0.29) is 30.4 Å². The van der Waals surface area contributed by atoms with E-state index in [1.807, 2.05) is 12.1 Å². The average molecular weight is 598 g/mol. The first kappa shape index (κ1) is 28.9. The van der Waals surface area contributed by atoms with Crippen LogP contribution >= 0.6 is 11.3 Å². The molecule has 1 aromatic carbocycles. The number of carbonyl (C=O) groups is 2. The lowest BCUT2D eigenvalue weighted by Crippen LogP contribution is -2.34. The van der Waals surface area contributed by atoms with E-state index in [1.54, 1.807) is 36.8 Å². The number of nitrogens with one attached hydrogen (secondary N) is 2. The van der Waals surface area contributed by atoms with Gasteiger partial charge in [-0.05, 0) is 54.3 Å². The number of nitrogens with zero attached hydrogens (tertiary/aromatic N) is 5. The van der Waals surface area contributed by atoms with Gasteiger partial charge in [-0.2, -0.15) is 0 Å². The molecule has 1 aliphatic rings. The maximum absolute atomic E-state index is 12.5. The van der Waals surface area contributed by atoms with Gasteiger partial charge in [-0.25, -0.2) is 4.98 Å². The van der Waals surface area contributed by atoms with Crippen molar-refractivity contribution in [2.75, 3.05) is 28.6 Å². The van der Waals surface area contributed by atoms with Gasteiger partial charge in [-0.1, -0.05) is 29.5 Å². The number of anilines is 3. The normalized spacial score (nSPS) is 15.2. The van der Waals surface area contributed by atoms with Crippen molar-refractivity contribution in [3.05, 3.63) is 83.3 Å². The minimum Gasteiger partial charge on any atom is -0.406 e. The molecule has 218 valence electrons. The Balaban J connectivity index is 1.13. The van der Waals surface area contributed by atoms with Gasteiger partial charge < -0.3 is 20.3 Å². The largest absolute Gasteiger partial charge is 0.573 e. The Labute approximate surface area is 243 Å². The Morgan fingerprint density at radius 2 is 1.81 bits per heavy atom. The van der Waals surface area contributed by atoms with Crippen LogP contribution in [0.1, 0.15) is 34.9 Å². The molecule has 4 heterocycles. The zero-order valence-electron chi connectivity index (χ0n) is 22.2. The van der Waals surface area contributed by atoms with Crippen LogP contribution < -0.4 is 20.3 Å². The lowest BCUT2D eigenvalue weighted by molar-refractivity contribution is -0.274. The van der Waals surface area contributed by atoms with Crippen LogP contribution in [0.3, 0.4) is 0 Å². The Morgan fingerprint density at radius 3 is 2.57 bits per heavy atom. The molecule has 0 bridgehead atoms. The summed E-state index contributed by atoms with van der Waals surface area (Å²) < 4.78 is 41.3. The molecule has 0 spiro atoms. The maximum atomic E-state index is 12.5. The van der Waals surface area contributed by atoms with Crippen LogP contribution in [-0.2, 0) is 22.4 Å². The molecule has 42 heavy (non-hydrogen) atoms. The number of hydrogen-bond acceptors (Lipinski definition) is 9. The lowest BCUT2D eigenvalue weighted by atomic mass is 9.98. The number of benzene rings is 1. The number of carbonyl (C=O) groups excluding carboxylic acids is 2. The van der Waals surface area contributed by atoms with Crippen molar-refractivity contribution in [2.45, 2.75) is 38.0 Å². The fourth-order valence-electron chi connectivity index (χ4n) is 4.59. The average Bonchev–Trinajstić information content (AvgIpc) is 3.41. The molecule has 2 N–H and O–H groups in total. The quantitative estimate of drug-likeness (QED) is 0.277. The minimum atomic E-state index is -4.81. The summed E-state index contributed by atoms with van der Waals surface area (Å²) in [4.78, 5) is 35.4. The molecule has 2 amide bonds. The van der Waals surface area contributed by atoms with Crippen LogP contribution in [0.2, 0.25) is 0 Å². The molecule has 1 aliphatic heterocycles. The zero-order valence-corrected chi connectivity index (χ0v) is 23.0. The van der Waals surface area contributed by atoms with Gasteiger partial charge in [-0.15, -0.1) is 23.4 Å². The van der Waals surface area contributed by atoms with Gasteiger partial charge in [0.15, 0.2) is 0 Å². The van der Waals surface area contributed by atoms with E-state index < -0.39 is 12.3 Å². The van der Waals surface area contributed by atoms with Crippen LogP contribution in [-0.4, -0.2) is 51.4 Å². The third kappa shape index (κ3) is 8.22. The number of ether oxygens (including phenoxy) is 1. The van der Waals surface area contributed by atoms with E-state index in [9.17, 15) is 22.8 Å². The summed E-state index contributed by atoms with van der Waals surface area (Å²) in [6.07, 6.45) is 2.10. The summed E-state index contributed by atoms with van der Waals surface area (Å²) >= 11 is 1.37. The maximum Gasteiger partial charge on any atom is 0.573 e. The number of pyridine rings is 2. The summed E-state index contributed by atoms with van der Waals surface area (Å²) in [5.41, 5.74) is 2.06.